The highest BCUT2D eigenvalue weighted by molar-refractivity contribution is 5.94. The van der Waals surface area contributed by atoms with E-state index >= 15 is 0 Å². The molecule has 4 rings (SSSR count). The molecule has 2 amide bonds. The molecule has 1 N–H and O–H groups in total. The number of hydrogen-bond acceptors (Lipinski definition) is 5. The summed E-state index contributed by atoms with van der Waals surface area (Å²) in [6.45, 7) is 9.60. The number of piperazine rings is 1. The summed E-state index contributed by atoms with van der Waals surface area (Å²) < 4.78 is 1.81. The fourth-order valence-electron chi connectivity index (χ4n) is 6.12. The van der Waals surface area contributed by atoms with Crippen LogP contribution in [-0.4, -0.2) is 93.3 Å². The Morgan fingerprint density at radius 3 is 2.35 bits per heavy atom. The van der Waals surface area contributed by atoms with Crippen LogP contribution in [0.1, 0.15) is 69.7 Å². The van der Waals surface area contributed by atoms with Gasteiger partial charge in [0.2, 0.25) is 0 Å². The summed E-state index contributed by atoms with van der Waals surface area (Å²) in [5.41, 5.74) is 0.942. The average molecular weight is 474 g/mol. The van der Waals surface area contributed by atoms with E-state index in [2.05, 4.69) is 30.8 Å². The van der Waals surface area contributed by atoms with Crippen LogP contribution in [0.15, 0.2) is 12.4 Å². The third-order valence-electron chi connectivity index (χ3n) is 8.35. The lowest BCUT2D eigenvalue weighted by molar-refractivity contribution is -0.143. The first kappa shape index (κ1) is 25.2. The molecule has 8 heteroatoms. The Morgan fingerprint density at radius 1 is 1.12 bits per heavy atom. The lowest BCUT2D eigenvalue weighted by atomic mass is 9.69. The largest absolute Gasteiger partial charge is 0.383 e. The number of carbonyl (C=O) groups is 2. The van der Waals surface area contributed by atoms with Crippen LogP contribution in [0.3, 0.4) is 0 Å². The Kier molecular flexibility index (Phi) is 7.38. The molecule has 34 heavy (non-hydrogen) atoms. The van der Waals surface area contributed by atoms with Gasteiger partial charge in [-0.05, 0) is 57.0 Å². The molecule has 1 aromatic rings. The summed E-state index contributed by atoms with van der Waals surface area (Å²) in [4.78, 5) is 31.9. The lowest BCUT2D eigenvalue weighted by Crippen LogP contribution is -2.53. The van der Waals surface area contributed by atoms with Gasteiger partial charge in [0.25, 0.3) is 11.8 Å². The summed E-state index contributed by atoms with van der Waals surface area (Å²) in [6.07, 6.45) is 8.48. The zero-order chi connectivity index (χ0) is 24.6. The molecule has 2 aliphatic heterocycles. The number of hydrogen-bond donors (Lipinski definition) is 1. The van der Waals surface area contributed by atoms with Crippen molar-refractivity contribution >= 4 is 11.8 Å². The van der Waals surface area contributed by atoms with Crippen LogP contribution in [0.25, 0.3) is 0 Å². The van der Waals surface area contributed by atoms with E-state index in [4.69, 9.17) is 0 Å². The smallest absolute Gasteiger partial charge is 0.257 e. The number of likely N-dealkylation sites (N-methyl/N-ethyl adjacent to an activating group) is 1. The quantitative estimate of drug-likeness (QED) is 0.658. The molecule has 1 saturated carbocycles. The highest BCUT2D eigenvalue weighted by atomic mass is 16.3. The van der Waals surface area contributed by atoms with Crippen molar-refractivity contribution in [2.45, 2.75) is 84.0 Å². The predicted octanol–water partition coefficient (Wildman–Crippen LogP) is 2.47. The van der Waals surface area contributed by atoms with E-state index in [-0.39, 0.29) is 23.9 Å². The molecular formula is C26H43N5O3. The fourth-order valence-corrected chi connectivity index (χ4v) is 6.12. The molecule has 0 radical (unpaired) electrons. The van der Waals surface area contributed by atoms with Gasteiger partial charge >= 0.3 is 0 Å². The molecule has 1 aromatic heterocycles. The van der Waals surface area contributed by atoms with Gasteiger partial charge in [-0.15, -0.1) is 0 Å². The molecule has 2 bridgehead atoms. The average Bonchev–Trinajstić information content (AvgIpc) is 3.52. The number of nitrogens with zero attached hydrogens (tertiary/aromatic N) is 5. The van der Waals surface area contributed by atoms with E-state index in [1.54, 1.807) is 6.20 Å². The number of aromatic nitrogens is 2. The second kappa shape index (κ2) is 9.97. The Morgan fingerprint density at radius 2 is 1.76 bits per heavy atom. The normalized spacial score (nSPS) is 28.1. The Labute approximate surface area is 204 Å². The van der Waals surface area contributed by atoms with Gasteiger partial charge in [-0.25, -0.2) is 0 Å². The predicted molar refractivity (Wildman–Crippen MR) is 131 cm³/mol. The van der Waals surface area contributed by atoms with Crippen LogP contribution in [-0.2, 0) is 11.3 Å². The summed E-state index contributed by atoms with van der Waals surface area (Å²) in [6, 6.07) is 0.0394. The van der Waals surface area contributed by atoms with Gasteiger partial charge in [0, 0.05) is 25.8 Å². The Hall–Kier alpha value is -1.93. The first-order valence-corrected chi connectivity index (χ1v) is 13.0. The summed E-state index contributed by atoms with van der Waals surface area (Å²) >= 11 is 0. The van der Waals surface area contributed by atoms with Crippen molar-refractivity contribution in [3.63, 3.8) is 0 Å². The highest BCUT2D eigenvalue weighted by Crippen LogP contribution is 2.41. The number of aliphatic hydroxyl groups is 1. The van der Waals surface area contributed by atoms with Gasteiger partial charge in [-0.2, -0.15) is 5.10 Å². The van der Waals surface area contributed by atoms with E-state index in [0.29, 0.717) is 36.4 Å². The van der Waals surface area contributed by atoms with Crippen molar-refractivity contribution in [2.75, 3.05) is 33.7 Å². The van der Waals surface area contributed by atoms with E-state index in [1.165, 1.54) is 12.8 Å². The van der Waals surface area contributed by atoms with Gasteiger partial charge in [0.05, 0.1) is 30.4 Å². The van der Waals surface area contributed by atoms with Crippen LogP contribution < -0.4 is 0 Å². The number of rotatable bonds is 7. The SMILES string of the molecule is CN(C)CCn1cc(C(=O)N2C[C@@H]3C[C@H]2CN3C(=O)C(O)CC2CCC(C(C)(C)C)CC2)cn1. The molecular weight excluding hydrogens is 430 g/mol. The summed E-state index contributed by atoms with van der Waals surface area (Å²) in [7, 11) is 4.02. The van der Waals surface area contributed by atoms with Crippen molar-refractivity contribution in [3.05, 3.63) is 18.0 Å². The fraction of sp³-hybridized carbons (Fsp3) is 0.808. The number of fused-ring (bicyclic) bond motifs is 2. The van der Waals surface area contributed by atoms with Gasteiger partial charge in [0.15, 0.2) is 0 Å². The molecule has 3 fully saturated rings. The molecule has 1 aliphatic carbocycles. The molecule has 3 aliphatic rings. The zero-order valence-corrected chi connectivity index (χ0v) is 21.6. The maximum absolute atomic E-state index is 13.1. The molecule has 0 aromatic carbocycles. The molecule has 8 nitrogen and oxygen atoms in total. The molecule has 2 saturated heterocycles. The number of amides is 2. The van der Waals surface area contributed by atoms with Crippen molar-refractivity contribution in [3.8, 4) is 0 Å². The molecule has 3 heterocycles. The molecule has 190 valence electrons. The van der Waals surface area contributed by atoms with Crippen LogP contribution in [0, 0.1) is 17.3 Å². The van der Waals surface area contributed by atoms with Crippen LogP contribution >= 0.6 is 0 Å². The minimum absolute atomic E-state index is 0.00754. The van der Waals surface area contributed by atoms with Crippen LogP contribution in [0.2, 0.25) is 0 Å². The maximum Gasteiger partial charge on any atom is 0.257 e. The first-order valence-electron chi connectivity index (χ1n) is 13.0. The minimum atomic E-state index is -0.922. The molecule has 3 atom stereocenters. The van der Waals surface area contributed by atoms with E-state index in [1.807, 2.05) is 34.8 Å². The molecule has 0 spiro atoms. The van der Waals surface area contributed by atoms with Crippen molar-refractivity contribution in [1.82, 2.24) is 24.5 Å². The van der Waals surface area contributed by atoms with Gasteiger partial charge in [-0.3, -0.25) is 14.3 Å². The number of carbonyl (C=O) groups excluding carboxylic acids is 2. The molecule has 1 unspecified atom stereocenters. The van der Waals surface area contributed by atoms with Crippen molar-refractivity contribution in [2.24, 2.45) is 17.3 Å². The second-order valence-electron chi connectivity index (χ2n) is 12.1. The van der Waals surface area contributed by atoms with Crippen LogP contribution in [0.4, 0.5) is 0 Å². The van der Waals surface area contributed by atoms with Crippen molar-refractivity contribution < 1.29 is 14.7 Å². The number of aliphatic hydroxyl groups excluding tert-OH is 1. The van der Waals surface area contributed by atoms with Crippen molar-refractivity contribution in [1.29, 1.82) is 0 Å². The summed E-state index contributed by atoms with van der Waals surface area (Å²) in [5, 5.41) is 15.1. The number of likely N-dealkylation sites (tertiary alicyclic amines) is 2. The van der Waals surface area contributed by atoms with Crippen LogP contribution in [0.5, 0.6) is 0 Å². The van der Waals surface area contributed by atoms with E-state index < -0.39 is 6.10 Å². The second-order valence-corrected chi connectivity index (χ2v) is 12.1. The van der Waals surface area contributed by atoms with Gasteiger partial charge in [0.1, 0.15) is 6.10 Å². The standard InChI is InChI=1S/C26H43N5O3/c1-26(2,3)20-8-6-18(7-9-20)12-23(32)25(34)31-17-21-13-22(31)16-30(21)24(33)19-14-27-29(15-19)11-10-28(4)5/h14-15,18,20-23,32H,6-13,16-17H2,1-5H3/t18?,20?,21-,22-,23?/m0/s1. The van der Waals surface area contributed by atoms with Gasteiger partial charge < -0.3 is 19.8 Å². The van der Waals surface area contributed by atoms with Gasteiger partial charge in [-0.1, -0.05) is 33.6 Å². The maximum atomic E-state index is 13.1. The van der Waals surface area contributed by atoms with E-state index in [9.17, 15) is 14.7 Å². The first-order chi connectivity index (χ1) is 16.0. The lowest BCUT2D eigenvalue weighted by Gasteiger charge is -2.38. The minimum Gasteiger partial charge on any atom is -0.383 e. The monoisotopic (exact) mass is 473 g/mol. The topological polar surface area (TPSA) is 81.9 Å². The highest BCUT2D eigenvalue weighted by Gasteiger charge is 2.48. The third-order valence-corrected chi connectivity index (χ3v) is 8.35. The van der Waals surface area contributed by atoms with E-state index in [0.717, 1.165) is 38.3 Å². The summed E-state index contributed by atoms with van der Waals surface area (Å²) in [5.74, 6) is 1.01. The third kappa shape index (κ3) is 5.48. The Bertz CT molecular complexity index is 868. The zero-order valence-electron chi connectivity index (χ0n) is 21.6. The Balaban J connectivity index is 1.26.